The fourth-order valence-corrected chi connectivity index (χ4v) is 7.16. The van der Waals surface area contributed by atoms with Crippen LogP contribution >= 0.6 is 58.5 Å². The molecule has 2 fully saturated rings. The number of nitrogens with one attached hydrogen (secondary N) is 1. The van der Waals surface area contributed by atoms with Gasteiger partial charge in [-0.25, -0.2) is 4.98 Å². The first-order valence-electron chi connectivity index (χ1n) is 12.5. The van der Waals surface area contributed by atoms with Crippen LogP contribution in [-0.2, 0) is 16.0 Å². The van der Waals surface area contributed by atoms with E-state index in [2.05, 4.69) is 10.3 Å². The number of thiazole rings is 1. The molecule has 202 valence electrons. The van der Waals surface area contributed by atoms with Crippen LogP contribution in [0, 0.1) is 0 Å². The molecule has 0 atom stereocenters. The number of carbonyl (C=O) groups excluding carboxylic acids is 2. The van der Waals surface area contributed by atoms with E-state index in [1.54, 1.807) is 18.3 Å². The summed E-state index contributed by atoms with van der Waals surface area (Å²) < 4.78 is 6.43. The zero-order valence-corrected chi connectivity index (χ0v) is 24.8. The summed E-state index contributed by atoms with van der Waals surface area (Å²) in [5.41, 5.74) is 1.82. The van der Waals surface area contributed by atoms with E-state index in [9.17, 15) is 9.59 Å². The van der Waals surface area contributed by atoms with E-state index in [4.69, 9.17) is 40.2 Å². The van der Waals surface area contributed by atoms with Gasteiger partial charge in [0.1, 0.15) is 16.6 Å². The summed E-state index contributed by atoms with van der Waals surface area (Å²) in [5.74, 6) is 0.175. The second kappa shape index (κ2) is 12.8. The van der Waals surface area contributed by atoms with Gasteiger partial charge >= 0.3 is 0 Å². The average molecular weight is 619 g/mol. The molecule has 1 saturated carbocycles. The van der Waals surface area contributed by atoms with Gasteiger partial charge in [-0.05, 0) is 73.2 Å². The van der Waals surface area contributed by atoms with E-state index in [1.165, 1.54) is 47.3 Å². The third-order valence-corrected chi connectivity index (χ3v) is 9.04. The van der Waals surface area contributed by atoms with Gasteiger partial charge in [0.05, 0.1) is 11.0 Å². The average Bonchev–Trinajstić information content (AvgIpc) is 3.43. The van der Waals surface area contributed by atoms with Gasteiger partial charge in [0.25, 0.3) is 5.91 Å². The standard InChI is InChI=1S/C28H25Cl2N3O3S3/c29-19-10-18(11-20(30)14-19)12-23-15-31-27(38-23)32-25(34)16-33-26(35)24(39-28(33)37)13-17-6-8-22(9-7-17)36-21-4-2-1-3-5-21/h6-11,13-15,21H,1-5,12,16H2,(H,31,32,34)/b24-13-. The van der Waals surface area contributed by atoms with E-state index >= 15 is 0 Å². The molecule has 2 aromatic carbocycles. The van der Waals surface area contributed by atoms with Crippen molar-refractivity contribution in [3.8, 4) is 5.75 Å². The predicted molar refractivity (Wildman–Crippen MR) is 164 cm³/mol. The van der Waals surface area contributed by atoms with Gasteiger partial charge in [-0.2, -0.15) is 0 Å². The molecule has 3 aromatic rings. The Hall–Kier alpha value is -2.43. The Morgan fingerprint density at radius 2 is 1.85 bits per heavy atom. The number of amides is 2. The zero-order valence-electron chi connectivity index (χ0n) is 20.8. The minimum absolute atomic E-state index is 0.186. The van der Waals surface area contributed by atoms with Gasteiger partial charge in [-0.3, -0.25) is 14.5 Å². The number of thiocarbonyl (C=S) groups is 1. The predicted octanol–water partition coefficient (Wildman–Crippen LogP) is 7.59. The molecule has 2 amide bonds. The highest BCUT2D eigenvalue weighted by atomic mass is 35.5. The highest BCUT2D eigenvalue weighted by Gasteiger charge is 2.33. The molecular formula is C28H25Cl2N3O3S3. The molecule has 1 aliphatic heterocycles. The molecule has 2 aliphatic rings. The Balaban J connectivity index is 1.15. The molecule has 39 heavy (non-hydrogen) atoms. The molecule has 5 rings (SSSR count). The van der Waals surface area contributed by atoms with Crippen molar-refractivity contribution in [2.75, 3.05) is 11.9 Å². The first-order valence-corrected chi connectivity index (χ1v) is 15.3. The van der Waals surface area contributed by atoms with Crippen LogP contribution in [0.2, 0.25) is 10.0 Å². The topological polar surface area (TPSA) is 71.5 Å². The van der Waals surface area contributed by atoms with Crippen molar-refractivity contribution in [1.29, 1.82) is 0 Å². The third-order valence-electron chi connectivity index (χ3n) is 6.31. The Morgan fingerprint density at radius 3 is 2.56 bits per heavy atom. The van der Waals surface area contributed by atoms with E-state index in [-0.39, 0.29) is 24.5 Å². The maximum Gasteiger partial charge on any atom is 0.266 e. The Morgan fingerprint density at radius 1 is 1.13 bits per heavy atom. The third kappa shape index (κ3) is 7.61. The number of rotatable bonds is 8. The lowest BCUT2D eigenvalue weighted by molar-refractivity contribution is -0.126. The number of halogens is 2. The number of carbonyl (C=O) groups is 2. The minimum atomic E-state index is -0.372. The molecule has 1 aliphatic carbocycles. The van der Waals surface area contributed by atoms with Crippen LogP contribution in [0.15, 0.2) is 53.6 Å². The summed E-state index contributed by atoms with van der Waals surface area (Å²) in [4.78, 5) is 32.7. The van der Waals surface area contributed by atoms with Crippen LogP contribution in [-0.4, -0.2) is 38.7 Å². The molecule has 1 N–H and O–H groups in total. The first kappa shape index (κ1) is 28.1. The number of aromatic nitrogens is 1. The summed E-state index contributed by atoms with van der Waals surface area (Å²) in [5, 5.41) is 4.33. The number of ether oxygens (including phenoxy) is 1. The molecule has 0 radical (unpaired) electrons. The van der Waals surface area contributed by atoms with Crippen molar-refractivity contribution in [2.45, 2.75) is 44.6 Å². The number of benzene rings is 2. The maximum atomic E-state index is 13.0. The minimum Gasteiger partial charge on any atom is -0.490 e. The number of anilines is 1. The van der Waals surface area contributed by atoms with E-state index < -0.39 is 0 Å². The van der Waals surface area contributed by atoms with Gasteiger partial charge in [0.15, 0.2) is 5.13 Å². The molecule has 0 bridgehead atoms. The Bertz CT molecular complexity index is 1400. The highest BCUT2D eigenvalue weighted by molar-refractivity contribution is 8.26. The van der Waals surface area contributed by atoms with Gasteiger partial charge in [0, 0.05) is 27.5 Å². The number of hydrogen-bond acceptors (Lipinski definition) is 7. The van der Waals surface area contributed by atoms with Crippen molar-refractivity contribution in [1.82, 2.24) is 9.88 Å². The SMILES string of the molecule is O=C(CN1C(=O)/C(=C/c2ccc(OC3CCCCC3)cc2)SC1=S)Nc1ncc(Cc2cc(Cl)cc(Cl)c2)s1. The van der Waals surface area contributed by atoms with Crippen LogP contribution in [0.4, 0.5) is 5.13 Å². The lowest BCUT2D eigenvalue weighted by Gasteiger charge is -2.22. The van der Waals surface area contributed by atoms with E-state index in [0.29, 0.717) is 30.8 Å². The normalized spacial score (nSPS) is 17.2. The van der Waals surface area contributed by atoms with Crippen LogP contribution in [0.5, 0.6) is 5.75 Å². The lowest BCUT2D eigenvalue weighted by Crippen LogP contribution is -2.36. The summed E-state index contributed by atoms with van der Waals surface area (Å²) in [6, 6.07) is 13.1. The molecule has 11 heteroatoms. The first-order chi connectivity index (χ1) is 18.8. The molecule has 2 heterocycles. The zero-order chi connectivity index (χ0) is 27.4. The van der Waals surface area contributed by atoms with Gasteiger partial charge in [-0.1, -0.05) is 65.7 Å². The Kier molecular flexibility index (Phi) is 9.25. The van der Waals surface area contributed by atoms with Crippen LogP contribution in [0.1, 0.15) is 48.1 Å². The lowest BCUT2D eigenvalue weighted by atomic mass is 9.98. The largest absolute Gasteiger partial charge is 0.490 e. The smallest absolute Gasteiger partial charge is 0.266 e. The van der Waals surface area contributed by atoms with Crippen molar-refractivity contribution in [2.24, 2.45) is 0 Å². The second-order valence-corrected chi connectivity index (χ2v) is 13.0. The summed E-state index contributed by atoms with van der Waals surface area (Å²) in [7, 11) is 0. The van der Waals surface area contributed by atoms with Crippen LogP contribution in [0.25, 0.3) is 6.08 Å². The summed E-state index contributed by atoms with van der Waals surface area (Å²) >= 11 is 20.1. The van der Waals surface area contributed by atoms with Gasteiger partial charge in [-0.15, -0.1) is 11.3 Å². The van der Waals surface area contributed by atoms with Gasteiger partial charge < -0.3 is 10.1 Å². The van der Waals surface area contributed by atoms with Crippen LogP contribution in [0.3, 0.4) is 0 Å². The van der Waals surface area contributed by atoms with Crippen LogP contribution < -0.4 is 10.1 Å². The number of nitrogens with zero attached hydrogens (tertiary/aromatic N) is 2. The van der Waals surface area contributed by atoms with Crippen molar-refractivity contribution in [3.05, 3.63) is 79.6 Å². The molecular weight excluding hydrogens is 593 g/mol. The molecule has 1 saturated heterocycles. The van der Waals surface area contributed by atoms with Crippen molar-refractivity contribution in [3.63, 3.8) is 0 Å². The molecule has 1 aromatic heterocycles. The van der Waals surface area contributed by atoms with E-state index in [0.717, 1.165) is 34.6 Å². The highest BCUT2D eigenvalue weighted by Crippen LogP contribution is 2.33. The van der Waals surface area contributed by atoms with Gasteiger partial charge in [0.2, 0.25) is 5.91 Å². The summed E-state index contributed by atoms with van der Waals surface area (Å²) in [6.07, 6.45) is 10.3. The maximum absolute atomic E-state index is 13.0. The van der Waals surface area contributed by atoms with Crippen molar-refractivity contribution < 1.29 is 14.3 Å². The fraction of sp³-hybridized carbons (Fsp3) is 0.286. The monoisotopic (exact) mass is 617 g/mol. The molecule has 6 nitrogen and oxygen atoms in total. The molecule has 0 unspecified atom stereocenters. The second-order valence-electron chi connectivity index (χ2n) is 9.35. The Labute approximate surface area is 250 Å². The number of thioether (sulfide) groups is 1. The van der Waals surface area contributed by atoms with Crippen molar-refractivity contribution >= 4 is 85.9 Å². The van der Waals surface area contributed by atoms with E-state index in [1.807, 2.05) is 36.4 Å². The summed E-state index contributed by atoms with van der Waals surface area (Å²) in [6.45, 7) is -0.186. The molecule has 0 spiro atoms. The number of hydrogen-bond donors (Lipinski definition) is 1. The fourth-order valence-electron chi connectivity index (χ4n) is 4.47. The quantitative estimate of drug-likeness (QED) is 0.207.